The van der Waals surface area contributed by atoms with Gasteiger partial charge in [-0.05, 0) is 113 Å². The third-order valence-electron chi connectivity index (χ3n) is 11.7. The number of hydrogen-bond donors (Lipinski definition) is 0. The first kappa shape index (κ1) is 51.8. The number of esters is 2. The third kappa shape index (κ3) is 17.0. The van der Waals surface area contributed by atoms with Crippen LogP contribution in [0.2, 0.25) is 69.5 Å². The largest absolute Gasteiger partial charge is 0.494 e. The molecule has 10 nitrogen and oxygen atoms in total. The summed E-state index contributed by atoms with van der Waals surface area (Å²) in [5.41, 5.74) is 1.65. The zero-order valence-corrected chi connectivity index (χ0v) is 43.1. The van der Waals surface area contributed by atoms with E-state index >= 15 is 0 Å². The van der Waals surface area contributed by atoms with Crippen LogP contribution >= 0.6 is 0 Å². The van der Waals surface area contributed by atoms with Crippen LogP contribution in [-0.2, 0) is 34.5 Å². The number of carbonyl (C=O) groups is 2. The molecule has 3 rings (SSSR count). The van der Waals surface area contributed by atoms with E-state index in [-0.39, 0.29) is 30.0 Å². The minimum Gasteiger partial charge on any atom is -0.494 e. The molecule has 2 aromatic rings. The minimum atomic E-state index is -1.99. The fourth-order valence-corrected chi connectivity index (χ4v) is 9.72. The lowest BCUT2D eigenvalue weighted by atomic mass is 9.92. The van der Waals surface area contributed by atoms with E-state index in [4.69, 9.17) is 37.6 Å². The van der Waals surface area contributed by atoms with Gasteiger partial charge in [-0.25, -0.2) is 9.59 Å². The Morgan fingerprint density at radius 1 is 0.833 bits per heavy atom. The smallest absolute Gasteiger partial charge is 0.342 e. The number of rotatable bonds is 24. The molecule has 1 aliphatic rings. The average molecular weight is 889 g/mol. The predicted molar refractivity (Wildman–Crippen MR) is 250 cm³/mol. The maximum Gasteiger partial charge on any atom is 0.342 e. The van der Waals surface area contributed by atoms with Gasteiger partial charge in [0.15, 0.2) is 20.9 Å². The van der Waals surface area contributed by atoms with Crippen molar-refractivity contribution in [3.63, 3.8) is 0 Å². The van der Waals surface area contributed by atoms with E-state index in [0.29, 0.717) is 61.5 Å². The lowest BCUT2D eigenvalue weighted by Gasteiger charge is -2.40. The van der Waals surface area contributed by atoms with Gasteiger partial charge in [-0.1, -0.05) is 85.2 Å². The van der Waals surface area contributed by atoms with Gasteiger partial charge < -0.3 is 37.6 Å². The molecule has 1 fully saturated rings. The van der Waals surface area contributed by atoms with E-state index in [1.807, 2.05) is 38.1 Å². The van der Waals surface area contributed by atoms with Gasteiger partial charge in [-0.15, -0.1) is 0 Å². The van der Waals surface area contributed by atoms with Gasteiger partial charge in [0, 0.05) is 35.4 Å². The van der Waals surface area contributed by atoms with Crippen molar-refractivity contribution >= 4 is 36.4 Å². The molecule has 5 atom stereocenters. The zero-order chi connectivity index (χ0) is 45.1. The highest BCUT2D eigenvalue weighted by Crippen LogP contribution is 2.40. The predicted octanol–water partition coefficient (Wildman–Crippen LogP) is 11.8. The first-order chi connectivity index (χ1) is 27.7. The second-order valence-corrected chi connectivity index (χ2v) is 37.1. The molecule has 0 spiro atoms. The minimum absolute atomic E-state index is 0.0279. The summed E-state index contributed by atoms with van der Waals surface area (Å²) in [5, 5.41) is 0.0950. The Morgan fingerprint density at radius 3 is 2.07 bits per heavy atom. The Balaban J connectivity index is 1.92. The molecule has 0 aromatic heterocycles. The van der Waals surface area contributed by atoms with Crippen LogP contribution in [0.5, 0.6) is 11.5 Å². The Hall–Kier alpha value is -2.53. The van der Waals surface area contributed by atoms with E-state index in [9.17, 15) is 9.59 Å². The second-order valence-electron chi connectivity index (χ2n) is 21.1. The molecule has 13 heteroatoms. The molecule has 0 amide bonds. The SMILES string of the molecule is COCOc1cc(OCC[Si](C)(C)C)cc(CCC[C@@H]2OC(C)(C)OC2C(CC[C@@H](C)C(C)O[Si](C)(C)C(C)(C)C)OC(=O)c2ccccc2)c1C(=O)OCC[Si](C)(C)C. The van der Waals surface area contributed by atoms with Crippen molar-refractivity contribution in [1.82, 2.24) is 0 Å². The molecular weight excluding hydrogens is 809 g/mol. The van der Waals surface area contributed by atoms with Crippen LogP contribution in [0.25, 0.3) is 0 Å². The molecular formula is C47H80O10Si3. The lowest BCUT2D eigenvalue weighted by Crippen LogP contribution is -2.45. The highest BCUT2D eigenvalue weighted by atomic mass is 28.4. The van der Waals surface area contributed by atoms with Crippen molar-refractivity contribution < 1.29 is 47.2 Å². The third-order valence-corrected chi connectivity index (χ3v) is 19.7. The first-order valence-electron chi connectivity index (χ1n) is 22.1. The number of methoxy groups -OCH3 is 1. The Labute approximate surface area is 366 Å². The maximum atomic E-state index is 13.9. The normalized spacial score (nSPS) is 18.7. The topological polar surface area (TPSA) is 108 Å². The van der Waals surface area contributed by atoms with Crippen molar-refractivity contribution in [2.24, 2.45) is 5.92 Å². The van der Waals surface area contributed by atoms with Crippen molar-refractivity contribution in [1.29, 1.82) is 0 Å². The van der Waals surface area contributed by atoms with Crippen LogP contribution in [0.3, 0.4) is 0 Å². The fraction of sp³-hybridized carbons (Fsp3) is 0.702. The first-order valence-corrected chi connectivity index (χ1v) is 32.4. The van der Waals surface area contributed by atoms with Crippen molar-refractivity contribution in [2.45, 2.75) is 180 Å². The Bertz CT molecular complexity index is 1650. The molecule has 1 saturated heterocycles. The van der Waals surface area contributed by atoms with Crippen LogP contribution in [0.4, 0.5) is 0 Å². The van der Waals surface area contributed by atoms with Crippen LogP contribution in [0.1, 0.15) is 100 Å². The van der Waals surface area contributed by atoms with Gasteiger partial charge in [0.05, 0.1) is 24.9 Å². The van der Waals surface area contributed by atoms with E-state index in [1.165, 1.54) is 0 Å². The molecule has 0 saturated carbocycles. The molecule has 0 aliphatic carbocycles. The molecule has 1 aliphatic heterocycles. The van der Waals surface area contributed by atoms with E-state index in [1.54, 1.807) is 25.3 Å². The van der Waals surface area contributed by atoms with Crippen LogP contribution in [0, 0.1) is 5.92 Å². The van der Waals surface area contributed by atoms with Crippen molar-refractivity contribution in [3.8, 4) is 11.5 Å². The molecule has 0 N–H and O–H groups in total. The van der Waals surface area contributed by atoms with Crippen LogP contribution in [0.15, 0.2) is 42.5 Å². The zero-order valence-electron chi connectivity index (χ0n) is 40.1. The average Bonchev–Trinajstić information content (AvgIpc) is 3.44. The maximum absolute atomic E-state index is 13.9. The van der Waals surface area contributed by atoms with Gasteiger partial charge in [0.1, 0.15) is 29.3 Å². The van der Waals surface area contributed by atoms with Crippen molar-refractivity contribution in [2.75, 3.05) is 27.1 Å². The summed E-state index contributed by atoms with van der Waals surface area (Å²) in [7, 11) is -3.24. The molecule has 340 valence electrons. The number of hydrogen-bond acceptors (Lipinski definition) is 10. The van der Waals surface area contributed by atoms with E-state index in [2.05, 4.69) is 87.0 Å². The fourth-order valence-electron chi connectivity index (χ4n) is 6.78. The standard InChI is InChI=1S/C47H80O10Si3/c1-34(35(2)57-60(15,16)46(3,4)5)25-26-39(54-44(48)36-21-18-17-19-22-36)43-40(55-47(6,7)56-43)24-20-23-37-31-38(51-27-29-58(9,10)11)32-41(53-33-50-8)42(37)45(49)52-28-30-59(12,13)14/h17-19,21-22,31-32,34-35,39-40,43H,20,23-30,33H2,1-16H3/t34-,35?,39?,40+,43?/m1/s1. The second kappa shape index (κ2) is 22.2. The quantitative estimate of drug-likeness (QED) is 0.0574. The molecule has 0 bridgehead atoms. The number of carbonyl (C=O) groups excluding carboxylic acids is 2. The highest BCUT2D eigenvalue weighted by Gasteiger charge is 2.47. The summed E-state index contributed by atoms with van der Waals surface area (Å²) in [6, 6.07) is 14.7. The number of aryl methyl sites for hydroxylation is 1. The molecule has 0 radical (unpaired) electrons. The molecule has 3 unspecified atom stereocenters. The van der Waals surface area contributed by atoms with Gasteiger partial charge in [-0.3, -0.25) is 0 Å². The summed E-state index contributed by atoms with van der Waals surface area (Å²) < 4.78 is 49.9. The molecule has 2 aromatic carbocycles. The van der Waals surface area contributed by atoms with E-state index in [0.717, 1.165) is 24.1 Å². The van der Waals surface area contributed by atoms with Gasteiger partial charge in [0.25, 0.3) is 0 Å². The van der Waals surface area contributed by atoms with Gasteiger partial charge in [-0.2, -0.15) is 0 Å². The number of ether oxygens (including phenoxy) is 7. The summed E-state index contributed by atoms with van der Waals surface area (Å²) in [6.45, 7) is 34.1. The number of benzene rings is 2. The lowest BCUT2D eigenvalue weighted by molar-refractivity contribution is -0.156. The monoisotopic (exact) mass is 889 g/mol. The van der Waals surface area contributed by atoms with Crippen molar-refractivity contribution in [3.05, 3.63) is 59.2 Å². The summed E-state index contributed by atoms with van der Waals surface area (Å²) >= 11 is 0. The Morgan fingerprint density at radius 2 is 1.47 bits per heavy atom. The summed E-state index contributed by atoms with van der Waals surface area (Å²) in [6.07, 6.45) is 1.68. The van der Waals surface area contributed by atoms with Crippen LogP contribution in [-0.4, -0.2) is 93.7 Å². The Kier molecular flexibility index (Phi) is 19.2. The molecule has 1 heterocycles. The van der Waals surface area contributed by atoms with Crippen LogP contribution < -0.4 is 9.47 Å². The van der Waals surface area contributed by atoms with Gasteiger partial charge in [0.2, 0.25) is 0 Å². The molecule has 60 heavy (non-hydrogen) atoms. The summed E-state index contributed by atoms with van der Waals surface area (Å²) in [5.74, 6) is -0.475. The highest BCUT2D eigenvalue weighted by molar-refractivity contribution is 6.76. The van der Waals surface area contributed by atoms with E-state index < -0.39 is 54.4 Å². The summed E-state index contributed by atoms with van der Waals surface area (Å²) in [4.78, 5) is 27.5. The van der Waals surface area contributed by atoms with Gasteiger partial charge >= 0.3 is 11.9 Å².